The van der Waals surface area contributed by atoms with E-state index in [-0.39, 0.29) is 30.1 Å². The molecule has 6 heteroatoms. The van der Waals surface area contributed by atoms with Gasteiger partial charge in [-0.15, -0.1) is 24.0 Å². The lowest BCUT2D eigenvalue weighted by Crippen LogP contribution is -2.48. The second-order valence-electron chi connectivity index (χ2n) is 7.03. The van der Waals surface area contributed by atoms with Gasteiger partial charge in [-0.3, -0.25) is 0 Å². The molecule has 3 rings (SSSR count). The first-order chi connectivity index (χ1) is 13.7. The average molecular weight is 509 g/mol. The third kappa shape index (κ3) is 6.42. The van der Waals surface area contributed by atoms with Crippen LogP contribution in [0.2, 0.25) is 0 Å². The molecule has 1 aliphatic rings. The van der Waals surface area contributed by atoms with Crippen LogP contribution in [0.15, 0.2) is 53.5 Å². The molecule has 2 aromatic carbocycles. The minimum absolute atomic E-state index is 0. The molecule has 1 saturated heterocycles. The van der Waals surface area contributed by atoms with Crippen molar-refractivity contribution in [1.82, 2.24) is 10.2 Å². The van der Waals surface area contributed by atoms with E-state index in [1.54, 1.807) is 7.11 Å². The summed E-state index contributed by atoms with van der Waals surface area (Å²) in [5, 5.41) is 3.45. The van der Waals surface area contributed by atoms with Crippen LogP contribution in [0.25, 0.3) is 0 Å². The first-order valence-electron chi connectivity index (χ1n) is 9.99. The van der Waals surface area contributed by atoms with Gasteiger partial charge in [0.05, 0.1) is 26.3 Å². The third-order valence-electron chi connectivity index (χ3n) is 5.05. The summed E-state index contributed by atoms with van der Waals surface area (Å²) in [7, 11) is 1.73. The number of aryl methyl sites for hydroxylation is 1. The molecule has 1 aliphatic heterocycles. The molecule has 0 bridgehead atoms. The Hall–Kier alpha value is -1.64. The number of morpholine rings is 1. The van der Waals surface area contributed by atoms with Gasteiger partial charge in [0.2, 0.25) is 0 Å². The first-order valence-corrected chi connectivity index (χ1v) is 9.99. The van der Waals surface area contributed by atoms with Gasteiger partial charge in [0.25, 0.3) is 0 Å². The molecule has 2 aromatic rings. The van der Waals surface area contributed by atoms with E-state index in [9.17, 15) is 0 Å². The second-order valence-corrected chi connectivity index (χ2v) is 7.03. The molecule has 1 heterocycles. The molecule has 0 spiro atoms. The number of nitrogens with zero attached hydrogens (tertiary/aromatic N) is 2. The van der Waals surface area contributed by atoms with Gasteiger partial charge >= 0.3 is 0 Å². The summed E-state index contributed by atoms with van der Waals surface area (Å²) in [6.45, 7) is 8.67. The Bertz CT molecular complexity index is 797. The van der Waals surface area contributed by atoms with Crippen LogP contribution in [-0.2, 0) is 22.6 Å². The maximum atomic E-state index is 6.08. The van der Waals surface area contributed by atoms with Crippen molar-refractivity contribution in [3.05, 3.63) is 70.8 Å². The molecule has 5 nitrogen and oxygen atoms in total. The maximum Gasteiger partial charge on any atom is 0.194 e. The molecular formula is C23H32IN3O2. The number of hydrogen-bond acceptors (Lipinski definition) is 3. The lowest BCUT2D eigenvalue weighted by molar-refractivity contribution is -0.00834. The van der Waals surface area contributed by atoms with Crippen molar-refractivity contribution in [3.63, 3.8) is 0 Å². The number of ether oxygens (including phenoxy) is 2. The number of methoxy groups -OCH3 is 1. The molecule has 29 heavy (non-hydrogen) atoms. The Morgan fingerprint density at radius 1 is 1.17 bits per heavy atom. The molecule has 1 unspecified atom stereocenters. The van der Waals surface area contributed by atoms with Crippen LogP contribution in [0, 0.1) is 6.92 Å². The van der Waals surface area contributed by atoms with Crippen LogP contribution < -0.4 is 5.32 Å². The predicted octanol–water partition coefficient (Wildman–Crippen LogP) is 4.30. The second kappa shape index (κ2) is 12.1. The van der Waals surface area contributed by atoms with Crippen LogP contribution >= 0.6 is 24.0 Å². The first kappa shape index (κ1) is 23.6. The molecule has 0 aliphatic carbocycles. The lowest BCUT2D eigenvalue weighted by Gasteiger charge is -2.35. The number of guanidine groups is 1. The summed E-state index contributed by atoms with van der Waals surface area (Å²) in [4.78, 5) is 7.23. The third-order valence-corrected chi connectivity index (χ3v) is 5.05. The van der Waals surface area contributed by atoms with Crippen molar-refractivity contribution < 1.29 is 9.47 Å². The van der Waals surface area contributed by atoms with Crippen molar-refractivity contribution in [2.75, 3.05) is 33.4 Å². The summed E-state index contributed by atoms with van der Waals surface area (Å²) in [6.07, 6.45) is 0.0691. The van der Waals surface area contributed by atoms with E-state index >= 15 is 0 Å². The standard InChI is InChI=1S/C23H31N3O2.HI/c1-4-24-23(25-15-19-10-6-7-11-20(19)17-27-3)26-13-14-28-22(16-26)21-12-8-5-9-18(21)2;/h5-12,22H,4,13-17H2,1-3H3,(H,24,25);1H. The highest BCUT2D eigenvalue weighted by Gasteiger charge is 2.25. The van der Waals surface area contributed by atoms with Crippen LogP contribution in [0.4, 0.5) is 0 Å². The lowest BCUT2D eigenvalue weighted by atomic mass is 10.0. The van der Waals surface area contributed by atoms with Crippen molar-refractivity contribution in [2.24, 2.45) is 4.99 Å². The Morgan fingerprint density at radius 3 is 2.62 bits per heavy atom. The van der Waals surface area contributed by atoms with Gasteiger partial charge in [-0.25, -0.2) is 4.99 Å². The van der Waals surface area contributed by atoms with E-state index < -0.39 is 0 Å². The highest BCUT2D eigenvalue weighted by atomic mass is 127. The Balaban J connectivity index is 0.00000300. The summed E-state index contributed by atoms with van der Waals surface area (Å²) in [5.41, 5.74) is 4.91. The summed E-state index contributed by atoms with van der Waals surface area (Å²) < 4.78 is 11.4. The number of rotatable bonds is 6. The zero-order chi connectivity index (χ0) is 19.8. The van der Waals surface area contributed by atoms with Gasteiger partial charge in [0, 0.05) is 20.2 Å². The molecule has 1 N–H and O–H groups in total. The van der Waals surface area contributed by atoms with Crippen molar-refractivity contribution in [2.45, 2.75) is 33.1 Å². The van der Waals surface area contributed by atoms with Crippen LogP contribution in [-0.4, -0.2) is 44.2 Å². The van der Waals surface area contributed by atoms with E-state index in [2.05, 4.69) is 66.5 Å². The molecule has 0 amide bonds. The van der Waals surface area contributed by atoms with Crippen molar-refractivity contribution in [1.29, 1.82) is 0 Å². The molecule has 158 valence electrons. The Kier molecular flexibility index (Phi) is 9.90. The van der Waals surface area contributed by atoms with Gasteiger partial charge in [0.1, 0.15) is 6.10 Å². The highest BCUT2D eigenvalue weighted by molar-refractivity contribution is 14.0. The quantitative estimate of drug-likeness (QED) is 0.359. The van der Waals surface area contributed by atoms with E-state index in [1.165, 1.54) is 22.3 Å². The van der Waals surface area contributed by atoms with Crippen LogP contribution in [0.3, 0.4) is 0 Å². The fourth-order valence-corrected chi connectivity index (χ4v) is 3.57. The summed E-state index contributed by atoms with van der Waals surface area (Å²) >= 11 is 0. The monoisotopic (exact) mass is 509 g/mol. The molecule has 1 atom stereocenters. The fourth-order valence-electron chi connectivity index (χ4n) is 3.57. The predicted molar refractivity (Wildman–Crippen MR) is 129 cm³/mol. The maximum absolute atomic E-state index is 6.08. The number of aliphatic imine (C=N–C) groups is 1. The molecule has 1 fully saturated rings. The zero-order valence-corrected chi connectivity index (χ0v) is 19.9. The van der Waals surface area contributed by atoms with Crippen LogP contribution in [0.5, 0.6) is 0 Å². The minimum Gasteiger partial charge on any atom is -0.380 e. The van der Waals surface area contributed by atoms with Crippen LogP contribution in [0.1, 0.15) is 35.3 Å². The van der Waals surface area contributed by atoms with Gasteiger partial charge in [-0.05, 0) is 36.1 Å². The Morgan fingerprint density at radius 2 is 1.90 bits per heavy atom. The fraction of sp³-hybridized carbons (Fsp3) is 0.435. The topological polar surface area (TPSA) is 46.1 Å². The Labute approximate surface area is 191 Å². The largest absolute Gasteiger partial charge is 0.380 e. The number of benzene rings is 2. The normalized spacial score (nSPS) is 17.0. The summed E-state index contributed by atoms with van der Waals surface area (Å²) in [5.74, 6) is 0.941. The number of hydrogen-bond donors (Lipinski definition) is 1. The zero-order valence-electron chi connectivity index (χ0n) is 17.6. The molecular weight excluding hydrogens is 477 g/mol. The molecule has 0 saturated carbocycles. The van der Waals surface area contributed by atoms with E-state index in [4.69, 9.17) is 14.5 Å². The number of halogens is 1. The van der Waals surface area contributed by atoms with Crippen molar-refractivity contribution >= 4 is 29.9 Å². The minimum atomic E-state index is 0. The number of nitrogens with one attached hydrogen (secondary N) is 1. The molecule has 0 aromatic heterocycles. The van der Waals surface area contributed by atoms with Gasteiger partial charge in [-0.2, -0.15) is 0 Å². The molecule has 0 radical (unpaired) electrons. The average Bonchev–Trinajstić information content (AvgIpc) is 2.73. The van der Waals surface area contributed by atoms with E-state index in [1.807, 2.05) is 6.07 Å². The van der Waals surface area contributed by atoms with Gasteiger partial charge in [-0.1, -0.05) is 48.5 Å². The van der Waals surface area contributed by atoms with Crippen molar-refractivity contribution in [3.8, 4) is 0 Å². The smallest absolute Gasteiger partial charge is 0.194 e. The summed E-state index contributed by atoms with van der Waals surface area (Å²) in [6, 6.07) is 16.8. The van der Waals surface area contributed by atoms with E-state index in [0.717, 1.165) is 25.6 Å². The van der Waals surface area contributed by atoms with Gasteiger partial charge in [0.15, 0.2) is 5.96 Å². The SMILES string of the molecule is CCNC(=NCc1ccccc1COC)N1CCOC(c2ccccc2C)C1.I. The van der Waals surface area contributed by atoms with E-state index in [0.29, 0.717) is 19.8 Å². The van der Waals surface area contributed by atoms with Gasteiger partial charge < -0.3 is 19.7 Å². The highest BCUT2D eigenvalue weighted by Crippen LogP contribution is 2.25.